The molecule has 1 fully saturated rings. The molecule has 40 heavy (non-hydrogen) atoms. The molecule has 1 aliphatic carbocycles. The van der Waals surface area contributed by atoms with Crippen molar-refractivity contribution in [2.45, 2.75) is 23.9 Å². The van der Waals surface area contributed by atoms with Gasteiger partial charge < -0.3 is 5.11 Å². The van der Waals surface area contributed by atoms with Gasteiger partial charge in [-0.25, -0.2) is 9.37 Å². The average molecular weight is 592 g/mol. The Morgan fingerprint density at radius 3 is 2.42 bits per heavy atom. The van der Waals surface area contributed by atoms with Crippen molar-refractivity contribution in [2.24, 2.45) is 5.92 Å². The predicted molar refractivity (Wildman–Crippen MR) is 140 cm³/mol. The summed E-state index contributed by atoms with van der Waals surface area (Å²) in [5.74, 6) is -5.30. The summed E-state index contributed by atoms with van der Waals surface area (Å²) in [5, 5.41) is 10.4. The highest BCUT2D eigenvalue weighted by Gasteiger charge is 2.66. The average Bonchev–Trinajstić information content (AvgIpc) is 3.12. The molecule has 0 radical (unpaired) electrons. The van der Waals surface area contributed by atoms with Crippen molar-refractivity contribution >= 4 is 40.8 Å². The fraction of sp³-hybridized carbons (Fsp3) is 0.179. The van der Waals surface area contributed by atoms with E-state index in [0.29, 0.717) is 33.4 Å². The Morgan fingerprint density at radius 1 is 1.12 bits per heavy atom. The molecular weight excluding hydrogens is 573 g/mol. The lowest BCUT2D eigenvalue weighted by Crippen LogP contribution is -2.48. The lowest BCUT2D eigenvalue weighted by Gasteiger charge is -2.43. The summed E-state index contributed by atoms with van der Waals surface area (Å²) in [6, 6.07) is 10.6. The number of nitrogens with zero attached hydrogens (tertiary/aromatic N) is 2. The molecule has 1 aliphatic heterocycles. The Kier molecular flexibility index (Phi) is 6.87. The molecule has 3 aromatic rings. The van der Waals surface area contributed by atoms with Gasteiger partial charge in [0.05, 0.1) is 21.9 Å². The number of aromatic hydroxyl groups is 1. The van der Waals surface area contributed by atoms with Crippen LogP contribution >= 0.6 is 23.2 Å². The Bertz CT molecular complexity index is 1580. The minimum atomic E-state index is -4.71. The maximum Gasteiger partial charge on any atom is 0.417 e. The Hall–Kier alpha value is -3.89. The number of pyridine rings is 1. The molecule has 0 saturated carbocycles. The van der Waals surface area contributed by atoms with Crippen LogP contribution < -0.4 is 5.43 Å². The van der Waals surface area contributed by atoms with E-state index < -0.39 is 57.4 Å². The van der Waals surface area contributed by atoms with Crippen molar-refractivity contribution in [3.63, 3.8) is 0 Å². The number of aromatic nitrogens is 1. The quantitative estimate of drug-likeness (QED) is 0.252. The largest absolute Gasteiger partial charge is 0.505 e. The van der Waals surface area contributed by atoms with E-state index in [9.17, 15) is 32.3 Å². The van der Waals surface area contributed by atoms with Gasteiger partial charge in [0.2, 0.25) is 0 Å². The van der Waals surface area contributed by atoms with Crippen LogP contribution in [0.5, 0.6) is 5.75 Å². The molecule has 2 aliphatic rings. The number of hydrogen-bond donors (Lipinski definition) is 2. The van der Waals surface area contributed by atoms with Gasteiger partial charge in [0.1, 0.15) is 0 Å². The van der Waals surface area contributed by atoms with Crippen LogP contribution in [0, 0.1) is 11.7 Å². The zero-order valence-electron chi connectivity index (χ0n) is 20.3. The van der Waals surface area contributed by atoms with E-state index in [2.05, 4.69) is 17.0 Å². The summed E-state index contributed by atoms with van der Waals surface area (Å²) in [4.78, 5) is 32.0. The van der Waals surface area contributed by atoms with Gasteiger partial charge in [-0.05, 0) is 53.5 Å². The minimum Gasteiger partial charge on any atom is -0.505 e. The summed E-state index contributed by atoms with van der Waals surface area (Å²) in [7, 11) is 0. The first-order chi connectivity index (χ1) is 18.9. The second-order valence-electron chi connectivity index (χ2n) is 9.36. The normalized spacial score (nSPS) is 22.6. The summed E-state index contributed by atoms with van der Waals surface area (Å²) >= 11 is 12.2. The third-order valence-corrected chi connectivity index (χ3v) is 7.79. The van der Waals surface area contributed by atoms with E-state index in [1.165, 1.54) is 12.1 Å². The summed E-state index contributed by atoms with van der Waals surface area (Å²) in [5.41, 5.74) is 0.953. The molecule has 12 heteroatoms. The van der Waals surface area contributed by atoms with Crippen molar-refractivity contribution in [3.8, 4) is 5.75 Å². The molecule has 5 rings (SSSR count). The van der Waals surface area contributed by atoms with Crippen LogP contribution in [0.3, 0.4) is 0 Å². The van der Waals surface area contributed by atoms with E-state index in [4.69, 9.17) is 23.2 Å². The molecule has 3 unspecified atom stereocenters. The fourth-order valence-corrected chi connectivity index (χ4v) is 5.83. The molecule has 206 valence electrons. The molecule has 1 saturated heterocycles. The number of amides is 2. The zero-order valence-corrected chi connectivity index (χ0v) is 21.9. The van der Waals surface area contributed by atoms with Crippen LogP contribution in [0.1, 0.15) is 29.0 Å². The van der Waals surface area contributed by atoms with Crippen molar-refractivity contribution in [1.82, 2.24) is 9.99 Å². The molecule has 2 N–H and O–H groups in total. The van der Waals surface area contributed by atoms with E-state index >= 15 is 0 Å². The van der Waals surface area contributed by atoms with Gasteiger partial charge in [0.25, 0.3) is 11.8 Å². The molecule has 2 aromatic carbocycles. The van der Waals surface area contributed by atoms with E-state index in [1.54, 1.807) is 30.3 Å². The molecule has 2 amide bonds. The number of imide groups is 1. The van der Waals surface area contributed by atoms with E-state index in [0.717, 1.165) is 12.1 Å². The van der Waals surface area contributed by atoms with Gasteiger partial charge >= 0.3 is 6.18 Å². The fourth-order valence-electron chi connectivity index (χ4n) is 5.49. The number of hydrazine groups is 1. The Balaban J connectivity index is 1.69. The molecule has 0 bridgehead atoms. The van der Waals surface area contributed by atoms with Gasteiger partial charge in [-0.15, -0.1) is 0 Å². The van der Waals surface area contributed by atoms with Crippen molar-refractivity contribution < 1.29 is 32.3 Å². The van der Waals surface area contributed by atoms with Crippen LogP contribution in [0.4, 0.5) is 23.4 Å². The van der Waals surface area contributed by atoms with Crippen molar-refractivity contribution in [1.29, 1.82) is 0 Å². The molecule has 2 heterocycles. The second-order valence-corrected chi connectivity index (χ2v) is 10.2. The lowest BCUT2D eigenvalue weighted by atomic mass is 9.56. The van der Waals surface area contributed by atoms with Crippen molar-refractivity contribution in [3.05, 3.63) is 112 Å². The first-order valence-electron chi connectivity index (χ1n) is 11.8. The number of phenolic OH excluding ortho intramolecular Hbond substituents is 1. The number of halogens is 6. The standard InChI is InChI=1S/C28H19Cl2F4N3O3/c1-2-14-3-9-19-25(39)37(36-24-20(30)12-17(13-35-24)28(32,33)34)26(40)27(19,16-5-7-18(29)8-6-16)23(14)15-4-10-22(38)21(31)11-15/h2-8,10-13,19,23,38H,1,9H2,(H,35,36). The topological polar surface area (TPSA) is 82.5 Å². The van der Waals surface area contributed by atoms with E-state index in [1.807, 2.05) is 0 Å². The third kappa shape index (κ3) is 4.31. The molecule has 1 aromatic heterocycles. The summed E-state index contributed by atoms with van der Waals surface area (Å²) < 4.78 is 54.0. The monoisotopic (exact) mass is 591 g/mol. The van der Waals surface area contributed by atoms with Crippen molar-refractivity contribution in [2.75, 3.05) is 5.43 Å². The number of fused-ring (bicyclic) bond motifs is 1. The highest BCUT2D eigenvalue weighted by Crippen LogP contribution is 2.58. The summed E-state index contributed by atoms with van der Waals surface area (Å²) in [6.45, 7) is 3.85. The first-order valence-corrected chi connectivity index (χ1v) is 12.6. The SMILES string of the molecule is C=CC1=CCC2C(=O)N(Nc3ncc(C(F)(F)F)cc3Cl)C(=O)C2(c2ccc(Cl)cc2)C1c1ccc(O)c(F)c1. The third-order valence-electron chi connectivity index (χ3n) is 7.25. The number of nitrogens with one attached hydrogen (secondary N) is 1. The van der Waals surface area contributed by atoms with Crippen LogP contribution in [-0.2, 0) is 21.2 Å². The zero-order chi connectivity index (χ0) is 29.0. The number of benzene rings is 2. The maximum atomic E-state index is 14.6. The number of carbonyl (C=O) groups excluding carboxylic acids is 2. The van der Waals surface area contributed by atoms with Gasteiger partial charge in [-0.1, -0.05) is 60.1 Å². The molecular formula is C28H19Cl2F4N3O3. The highest BCUT2D eigenvalue weighted by atomic mass is 35.5. The van der Waals surface area contributed by atoms with Crippen LogP contribution in [-0.4, -0.2) is 26.9 Å². The molecule has 3 atom stereocenters. The summed E-state index contributed by atoms with van der Waals surface area (Å²) in [6.07, 6.45) is -0.856. The lowest BCUT2D eigenvalue weighted by molar-refractivity contribution is -0.139. The molecule has 0 spiro atoms. The molecule has 6 nitrogen and oxygen atoms in total. The maximum absolute atomic E-state index is 14.6. The van der Waals surface area contributed by atoms with Gasteiger partial charge in [-0.2, -0.15) is 18.2 Å². The smallest absolute Gasteiger partial charge is 0.417 e. The van der Waals surface area contributed by atoms with Crippen LogP contribution in [0.2, 0.25) is 10.0 Å². The highest BCUT2D eigenvalue weighted by molar-refractivity contribution is 6.33. The number of rotatable bonds is 5. The van der Waals surface area contributed by atoms with Gasteiger partial charge in [0, 0.05) is 17.1 Å². The van der Waals surface area contributed by atoms with E-state index in [-0.39, 0.29) is 17.8 Å². The Labute approximate surface area is 235 Å². The first kappa shape index (κ1) is 27.7. The number of phenols is 1. The minimum absolute atomic E-state index is 0.0952. The second kappa shape index (κ2) is 9.94. The van der Waals surface area contributed by atoms with Gasteiger partial charge in [0.15, 0.2) is 17.4 Å². The van der Waals surface area contributed by atoms with Crippen LogP contribution in [0.15, 0.2) is 79.0 Å². The van der Waals surface area contributed by atoms with Crippen LogP contribution in [0.25, 0.3) is 0 Å². The number of anilines is 1. The number of allylic oxidation sites excluding steroid dienone is 3. The Morgan fingerprint density at radius 2 is 1.82 bits per heavy atom. The number of alkyl halides is 3. The number of hydrogen-bond acceptors (Lipinski definition) is 5. The number of carbonyl (C=O) groups is 2. The predicted octanol–water partition coefficient (Wildman–Crippen LogP) is 6.80. The van der Waals surface area contributed by atoms with Gasteiger partial charge in [-0.3, -0.25) is 15.0 Å².